The molecule has 0 aliphatic rings. The molecule has 84 valence electrons. The first-order valence-electron chi connectivity index (χ1n) is 4.61. The van der Waals surface area contributed by atoms with Crippen molar-refractivity contribution in [2.75, 3.05) is 0 Å². The quantitative estimate of drug-likeness (QED) is 0.632. The van der Waals surface area contributed by atoms with Gasteiger partial charge in [0.2, 0.25) is 0 Å². The number of carboxylic acids is 1. The molecule has 1 aromatic rings. The maximum atomic E-state index is 10.6. The zero-order chi connectivity index (χ0) is 12.1. The molecule has 0 radical (unpaired) electrons. The number of rotatable bonds is 4. The topological polar surface area (TPSA) is 102 Å². The molecule has 0 bridgehead atoms. The van der Waals surface area contributed by atoms with Gasteiger partial charge in [-0.05, 0) is 11.1 Å². The zero-order valence-corrected chi connectivity index (χ0v) is 8.37. The molecule has 16 heavy (non-hydrogen) atoms. The van der Waals surface area contributed by atoms with Crippen LogP contribution in [-0.4, -0.2) is 27.4 Å². The summed E-state index contributed by atoms with van der Waals surface area (Å²) >= 11 is 0. The highest BCUT2D eigenvalue weighted by atomic mass is 16.4. The fourth-order valence-electron chi connectivity index (χ4n) is 1.39. The first-order valence-corrected chi connectivity index (χ1v) is 4.61. The monoisotopic (exact) mass is 221 g/mol. The Hall–Kier alpha value is -1.90. The number of nitrogens with zero attached hydrogens (tertiary/aromatic N) is 1. The fraction of sp³-hybridized carbons (Fsp3) is 0.273. The Balaban J connectivity index is 3.03. The highest BCUT2D eigenvalue weighted by molar-refractivity contribution is 5.70. The van der Waals surface area contributed by atoms with Gasteiger partial charge in [0.05, 0.1) is 12.5 Å². The van der Waals surface area contributed by atoms with E-state index in [1.54, 1.807) is 12.1 Å². The van der Waals surface area contributed by atoms with Crippen molar-refractivity contribution < 1.29 is 20.1 Å². The van der Waals surface area contributed by atoms with E-state index >= 15 is 0 Å². The van der Waals surface area contributed by atoms with E-state index in [1.165, 1.54) is 18.2 Å². The molecule has 1 aromatic carbocycles. The maximum Gasteiger partial charge on any atom is 0.307 e. The van der Waals surface area contributed by atoms with Gasteiger partial charge in [0, 0.05) is 0 Å². The number of carboxylic acid groups (broad SMARTS) is 1. The molecule has 0 saturated carbocycles. The average molecular weight is 221 g/mol. The van der Waals surface area contributed by atoms with Gasteiger partial charge in [-0.3, -0.25) is 4.79 Å². The number of aliphatic hydroxyl groups is 2. The van der Waals surface area contributed by atoms with Gasteiger partial charge in [-0.25, -0.2) is 0 Å². The van der Waals surface area contributed by atoms with Gasteiger partial charge in [-0.15, -0.1) is 0 Å². The molecule has 0 spiro atoms. The van der Waals surface area contributed by atoms with Crippen molar-refractivity contribution in [1.82, 2.24) is 0 Å². The van der Waals surface area contributed by atoms with Gasteiger partial charge >= 0.3 is 5.97 Å². The van der Waals surface area contributed by atoms with Crippen molar-refractivity contribution in [3.05, 3.63) is 35.4 Å². The molecule has 0 fully saturated rings. The second-order valence-corrected chi connectivity index (χ2v) is 3.29. The Morgan fingerprint density at radius 1 is 1.38 bits per heavy atom. The van der Waals surface area contributed by atoms with Crippen LogP contribution >= 0.6 is 0 Å². The molecule has 0 amide bonds. The highest BCUT2D eigenvalue weighted by Gasteiger charge is 2.20. The molecule has 0 saturated heterocycles. The van der Waals surface area contributed by atoms with Crippen molar-refractivity contribution >= 4 is 5.97 Å². The first kappa shape index (κ1) is 12.2. The van der Waals surface area contributed by atoms with E-state index in [2.05, 4.69) is 0 Å². The van der Waals surface area contributed by atoms with Gasteiger partial charge < -0.3 is 15.3 Å². The van der Waals surface area contributed by atoms with E-state index in [0.717, 1.165) is 0 Å². The molecule has 5 nitrogen and oxygen atoms in total. The Labute approximate surface area is 92.2 Å². The summed E-state index contributed by atoms with van der Waals surface area (Å²) in [5.41, 5.74) is 0.649. The van der Waals surface area contributed by atoms with Crippen LogP contribution in [-0.2, 0) is 11.2 Å². The predicted octanol–water partition coefficient (Wildman–Crippen LogP) is 0.232. The van der Waals surface area contributed by atoms with E-state index in [0.29, 0.717) is 5.56 Å². The number of aliphatic carboxylic acids is 1. The summed E-state index contributed by atoms with van der Waals surface area (Å²) in [5, 5.41) is 35.9. The average Bonchev–Trinajstić information content (AvgIpc) is 2.27. The summed E-state index contributed by atoms with van der Waals surface area (Å²) < 4.78 is 0. The van der Waals surface area contributed by atoms with E-state index < -0.39 is 18.2 Å². The van der Waals surface area contributed by atoms with E-state index in [-0.39, 0.29) is 12.0 Å². The van der Waals surface area contributed by atoms with Gasteiger partial charge in [-0.1, -0.05) is 24.3 Å². The van der Waals surface area contributed by atoms with Crippen LogP contribution in [0.1, 0.15) is 17.2 Å². The van der Waals surface area contributed by atoms with Crippen LogP contribution in [0.2, 0.25) is 0 Å². The number of hydrogen-bond acceptors (Lipinski definition) is 4. The van der Waals surface area contributed by atoms with E-state index in [1.807, 2.05) is 0 Å². The molecule has 0 aliphatic heterocycles. The van der Waals surface area contributed by atoms with Crippen molar-refractivity contribution in [2.24, 2.45) is 0 Å². The van der Waals surface area contributed by atoms with Crippen molar-refractivity contribution in [3.8, 4) is 6.07 Å². The summed E-state index contributed by atoms with van der Waals surface area (Å²) in [6.45, 7) is 0. The van der Waals surface area contributed by atoms with Gasteiger partial charge in [0.25, 0.3) is 0 Å². The van der Waals surface area contributed by atoms with E-state index in [4.69, 9.17) is 10.4 Å². The number of benzene rings is 1. The van der Waals surface area contributed by atoms with Crippen LogP contribution in [0.3, 0.4) is 0 Å². The largest absolute Gasteiger partial charge is 0.481 e. The lowest BCUT2D eigenvalue weighted by molar-refractivity contribution is -0.136. The lowest BCUT2D eigenvalue weighted by atomic mass is 9.97. The minimum Gasteiger partial charge on any atom is -0.481 e. The van der Waals surface area contributed by atoms with Gasteiger partial charge in [0.15, 0.2) is 6.10 Å². The lowest BCUT2D eigenvalue weighted by Crippen LogP contribution is -2.18. The smallest absolute Gasteiger partial charge is 0.307 e. The molecule has 0 aromatic heterocycles. The molecular formula is C11H11NO4. The van der Waals surface area contributed by atoms with Gasteiger partial charge in [0.1, 0.15) is 6.10 Å². The van der Waals surface area contributed by atoms with Crippen LogP contribution in [0.25, 0.3) is 0 Å². The molecule has 5 heteroatoms. The minimum atomic E-state index is -1.56. The molecule has 2 unspecified atom stereocenters. The van der Waals surface area contributed by atoms with Crippen molar-refractivity contribution in [2.45, 2.75) is 18.6 Å². The highest BCUT2D eigenvalue weighted by Crippen LogP contribution is 2.21. The number of carbonyl (C=O) groups is 1. The van der Waals surface area contributed by atoms with Crippen LogP contribution in [0.15, 0.2) is 24.3 Å². The molecule has 0 heterocycles. The second kappa shape index (κ2) is 5.26. The first-order chi connectivity index (χ1) is 7.56. The third kappa shape index (κ3) is 2.79. The summed E-state index contributed by atoms with van der Waals surface area (Å²) in [7, 11) is 0. The molecular weight excluding hydrogens is 210 g/mol. The molecule has 0 aliphatic carbocycles. The summed E-state index contributed by atoms with van der Waals surface area (Å²) in [6, 6.07) is 7.77. The van der Waals surface area contributed by atoms with Gasteiger partial charge in [-0.2, -0.15) is 5.26 Å². The Morgan fingerprint density at radius 2 is 2.00 bits per heavy atom. The lowest BCUT2D eigenvalue weighted by Gasteiger charge is -2.15. The maximum absolute atomic E-state index is 10.6. The summed E-state index contributed by atoms with van der Waals surface area (Å²) in [5.74, 6) is -1.04. The van der Waals surface area contributed by atoms with Crippen LogP contribution in [0.5, 0.6) is 0 Å². The number of aliphatic hydroxyl groups excluding tert-OH is 2. The zero-order valence-electron chi connectivity index (χ0n) is 8.37. The van der Waals surface area contributed by atoms with Crippen LogP contribution in [0.4, 0.5) is 0 Å². The summed E-state index contributed by atoms with van der Waals surface area (Å²) in [6.07, 6.45) is -3.21. The number of nitriles is 1. The number of hydrogen-bond donors (Lipinski definition) is 3. The third-order valence-electron chi connectivity index (χ3n) is 2.15. The normalized spacial score (nSPS) is 13.8. The van der Waals surface area contributed by atoms with Crippen molar-refractivity contribution in [1.29, 1.82) is 5.26 Å². The third-order valence-corrected chi connectivity index (χ3v) is 2.15. The Morgan fingerprint density at radius 3 is 2.56 bits per heavy atom. The van der Waals surface area contributed by atoms with Crippen LogP contribution < -0.4 is 0 Å². The molecule has 1 rings (SSSR count). The second-order valence-electron chi connectivity index (χ2n) is 3.29. The Kier molecular flexibility index (Phi) is 4.00. The molecule has 3 N–H and O–H groups in total. The van der Waals surface area contributed by atoms with E-state index in [9.17, 15) is 15.0 Å². The summed E-state index contributed by atoms with van der Waals surface area (Å²) in [4.78, 5) is 10.6. The minimum absolute atomic E-state index is 0.259. The Bertz CT molecular complexity index is 424. The predicted molar refractivity (Wildman–Crippen MR) is 54.4 cm³/mol. The molecule has 2 atom stereocenters. The SMILES string of the molecule is N#CC(O)C(O)c1ccccc1CC(=O)O. The van der Waals surface area contributed by atoms with Crippen molar-refractivity contribution in [3.63, 3.8) is 0 Å². The standard InChI is InChI=1S/C11H11NO4/c12-6-9(13)11(16)8-4-2-1-3-7(8)5-10(14)15/h1-4,9,11,13,16H,5H2,(H,14,15). The fourth-order valence-corrected chi connectivity index (χ4v) is 1.39. The van der Waals surface area contributed by atoms with Crippen LogP contribution in [0, 0.1) is 11.3 Å².